The minimum Gasteiger partial charge on any atom is -0.394 e. The molecule has 3 N–H and O–H groups in total. The maximum Gasteiger partial charge on any atom is 0.433 e. The molecule has 1 aromatic carbocycles. The van der Waals surface area contributed by atoms with Crippen molar-refractivity contribution >= 4 is 11.8 Å². The third-order valence-corrected chi connectivity index (χ3v) is 3.73. The summed E-state index contributed by atoms with van der Waals surface area (Å²) >= 11 is 0. The van der Waals surface area contributed by atoms with Crippen molar-refractivity contribution in [2.24, 2.45) is 5.92 Å². The lowest BCUT2D eigenvalue weighted by Gasteiger charge is -2.21. The Morgan fingerprint density at radius 2 is 1.67 bits per heavy atom. The molecular weight excluding hydrogens is 371 g/mol. The Labute approximate surface area is 152 Å². The molecule has 0 bridgehead atoms. The molecule has 0 aliphatic rings. The summed E-state index contributed by atoms with van der Waals surface area (Å²) < 4.78 is 65.7. The average Bonchev–Trinajstić information content (AvgIpc) is 2.56. The number of rotatable bonds is 7. The first-order valence-electron chi connectivity index (χ1n) is 8.11. The monoisotopic (exact) mass is 390 g/mol. The number of nitrogens with one attached hydrogen (secondary N) is 2. The van der Waals surface area contributed by atoms with Crippen LogP contribution in [0.3, 0.4) is 0 Å². The van der Waals surface area contributed by atoms with Crippen molar-refractivity contribution < 1.29 is 27.1 Å². The van der Waals surface area contributed by atoms with E-state index in [1.54, 1.807) is 13.8 Å². The molecule has 5 nitrogen and oxygen atoms in total. The summed E-state index contributed by atoms with van der Waals surface area (Å²) in [7, 11) is 0. The number of nitrogens with zero attached hydrogens (tertiary/aromatic N) is 2. The summed E-state index contributed by atoms with van der Waals surface area (Å²) in [6.07, 6.45) is -4.71. The first kappa shape index (κ1) is 20.8. The Morgan fingerprint density at radius 1 is 1.04 bits per heavy atom. The topological polar surface area (TPSA) is 70.1 Å². The van der Waals surface area contributed by atoms with Crippen LogP contribution in [-0.4, -0.2) is 27.7 Å². The number of anilines is 2. The largest absolute Gasteiger partial charge is 0.433 e. The summed E-state index contributed by atoms with van der Waals surface area (Å²) in [4.78, 5) is 7.38. The fraction of sp³-hybridized carbons (Fsp3) is 0.412. The Kier molecular flexibility index (Phi) is 6.53. The number of hydrogen-bond acceptors (Lipinski definition) is 5. The second kappa shape index (κ2) is 8.47. The van der Waals surface area contributed by atoms with Gasteiger partial charge in [-0.3, -0.25) is 0 Å². The van der Waals surface area contributed by atoms with Gasteiger partial charge in [-0.25, -0.2) is 13.8 Å². The van der Waals surface area contributed by atoms with Gasteiger partial charge in [0.2, 0.25) is 5.95 Å². The Bertz CT molecular complexity index is 762. The number of alkyl halides is 3. The van der Waals surface area contributed by atoms with Crippen LogP contribution in [0.4, 0.5) is 33.7 Å². The zero-order chi connectivity index (χ0) is 20.2. The molecule has 27 heavy (non-hydrogen) atoms. The van der Waals surface area contributed by atoms with Crippen molar-refractivity contribution in [2.45, 2.75) is 32.6 Å². The van der Waals surface area contributed by atoms with E-state index in [0.717, 1.165) is 12.1 Å². The highest BCUT2D eigenvalue weighted by Crippen LogP contribution is 2.30. The third kappa shape index (κ3) is 6.02. The second-order valence-corrected chi connectivity index (χ2v) is 6.27. The summed E-state index contributed by atoms with van der Waals surface area (Å²) in [5.41, 5.74) is -0.988. The number of aliphatic hydroxyl groups excluding tert-OH is 1. The second-order valence-electron chi connectivity index (χ2n) is 6.27. The molecule has 148 valence electrons. The molecule has 0 spiro atoms. The van der Waals surface area contributed by atoms with Gasteiger partial charge in [-0.1, -0.05) is 13.8 Å². The van der Waals surface area contributed by atoms with Crippen molar-refractivity contribution in [3.8, 4) is 0 Å². The van der Waals surface area contributed by atoms with Crippen LogP contribution in [0, 0.1) is 17.6 Å². The molecule has 0 saturated carbocycles. The first-order chi connectivity index (χ1) is 12.6. The van der Waals surface area contributed by atoms with E-state index in [-0.39, 0.29) is 36.4 Å². The summed E-state index contributed by atoms with van der Waals surface area (Å²) in [6, 6.07) is 2.96. The van der Waals surface area contributed by atoms with Gasteiger partial charge in [0.1, 0.15) is 17.5 Å². The van der Waals surface area contributed by atoms with Crippen LogP contribution in [0.15, 0.2) is 24.3 Å². The van der Waals surface area contributed by atoms with E-state index in [0.29, 0.717) is 12.1 Å². The van der Waals surface area contributed by atoms with Gasteiger partial charge >= 0.3 is 6.18 Å². The molecule has 2 aromatic rings. The van der Waals surface area contributed by atoms with Crippen LogP contribution in [0.1, 0.15) is 25.1 Å². The number of hydrogen-bond donors (Lipinski definition) is 3. The number of aliphatic hydroxyl groups is 1. The van der Waals surface area contributed by atoms with E-state index >= 15 is 0 Å². The van der Waals surface area contributed by atoms with Crippen LogP contribution in [0.25, 0.3) is 0 Å². The third-order valence-electron chi connectivity index (χ3n) is 3.73. The summed E-state index contributed by atoms with van der Waals surface area (Å²) in [6.45, 7) is 3.09. The number of aromatic nitrogens is 2. The van der Waals surface area contributed by atoms with Gasteiger partial charge in [-0.2, -0.15) is 18.2 Å². The van der Waals surface area contributed by atoms with Crippen LogP contribution < -0.4 is 10.6 Å². The average molecular weight is 390 g/mol. The van der Waals surface area contributed by atoms with Gasteiger partial charge in [-0.05, 0) is 23.6 Å². The van der Waals surface area contributed by atoms with E-state index in [4.69, 9.17) is 0 Å². The van der Waals surface area contributed by atoms with Gasteiger partial charge in [-0.15, -0.1) is 0 Å². The minimum atomic E-state index is -4.71. The van der Waals surface area contributed by atoms with Crippen LogP contribution in [0.5, 0.6) is 0 Å². The predicted octanol–water partition coefficient (Wildman–Crippen LogP) is 3.81. The van der Waals surface area contributed by atoms with E-state index in [1.807, 2.05) is 0 Å². The van der Waals surface area contributed by atoms with Crippen LogP contribution >= 0.6 is 0 Å². The van der Waals surface area contributed by atoms with Gasteiger partial charge in [0, 0.05) is 18.7 Å². The van der Waals surface area contributed by atoms with Crippen molar-refractivity contribution in [2.75, 3.05) is 17.2 Å². The van der Waals surface area contributed by atoms with E-state index < -0.39 is 29.5 Å². The zero-order valence-electron chi connectivity index (χ0n) is 14.6. The predicted molar refractivity (Wildman–Crippen MR) is 90.1 cm³/mol. The molecule has 0 fully saturated rings. The van der Waals surface area contributed by atoms with Crippen molar-refractivity contribution in [3.63, 3.8) is 0 Å². The SMILES string of the molecule is CC(C)[C@H](CO)Nc1nc(NCc2cc(F)cc(F)c2)cc(C(F)(F)F)n1. The molecular formula is C17H19F5N4O. The molecule has 1 heterocycles. The number of benzene rings is 1. The molecule has 0 saturated heterocycles. The van der Waals surface area contributed by atoms with Gasteiger partial charge in [0.25, 0.3) is 0 Å². The first-order valence-corrected chi connectivity index (χ1v) is 8.11. The fourth-order valence-corrected chi connectivity index (χ4v) is 2.24. The molecule has 0 aliphatic heterocycles. The van der Waals surface area contributed by atoms with Crippen molar-refractivity contribution in [1.82, 2.24) is 9.97 Å². The number of halogens is 5. The smallest absolute Gasteiger partial charge is 0.394 e. The van der Waals surface area contributed by atoms with Crippen LogP contribution in [0.2, 0.25) is 0 Å². The molecule has 1 aromatic heterocycles. The Balaban J connectivity index is 2.27. The normalized spacial score (nSPS) is 12.9. The van der Waals surface area contributed by atoms with E-state index in [2.05, 4.69) is 20.6 Å². The Morgan fingerprint density at radius 3 is 2.19 bits per heavy atom. The van der Waals surface area contributed by atoms with Crippen LogP contribution in [-0.2, 0) is 12.7 Å². The van der Waals surface area contributed by atoms with Gasteiger partial charge in [0.15, 0.2) is 5.69 Å². The molecule has 0 radical (unpaired) electrons. The quantitative estimate of drug-likeness (QED) is 0.627. The highest BCUT2D eigenvalue weighted by molar-refractivity contribution is 5.44. The minimum absolute atomic E-state index is 0.0835. The van der Waals surface area contributed by atoms with Gasteiger partial charge < -0.3 is 15.7 Å². The highest BCUT2D eigenvalue weighted by atomic mass is 19.4. The molecule has 0 aliphatic carbocycles. The maximum absolute atomic E-state index is 13.2. The molecule has 0 amide bonds. The Hall–Kier alpha value is -2.49. The van der Waals surface area contributed by atoms with Crippen molar-refractivity contribution in [1.29, 1.82) is 0 Å². The van der Waals surface area contributed by atoms with E-state index in [1.165, 1.54) is 0 Å². The standard InChI is InChI=1S/C17H19F5N4O/c1-9(2)13(8-27)24-16-25-14(17(20,21)22)6-15(26-16)23-7-10-3-11(18)5-12(19)4-10/h3-6,9,13,27H,7-8H2,1-2H3,(H2,23,24,25,26)/t13-/m0/s1. The summed E-state index contributed by atoms with van der Waals surface area (Å²) in [5, 5.41) is 14.6. The lowest BCUT2D eigenvalue weighted by atomic mass is 10.1. The highest BCUT2D eigenvalue weighted by Gasteiger charge is 2.34. The van der Waals surface area contributed by atoms with E-state index in [9.17, 15) is 27.1 Å². The lowest BCUT2D eigenvalue weighted by molar-refractivity contribution is -0.141. The van der Waals surface area contributed by atoms with Crippen molar-refractivity contribution in [3.05, 3.63) is 47.2 Å². The lowest BCUT2D eigenvalue weighted by Crippen LogP contribution is -2.30. The maximum atomic E-state index is 13.2. The summed E-state index contributed by atoms with van der Waals surface area (Å²) in [5.74, 6) is -2.17. The molecule has 2 rings (SSSR count). The molecule has 1 atom stereocenters. The fourth-order valence-electron chi connectivity index (χ4n) is 2.24. The van der Waals surface area contributed by atoms with Gasteiger partial charge in [0.05, 0.1) is 12.6 Å². The molecule has 10 heteroatoms. The molecule has 0 unspecified atom stereocenters. The zero-order valence-corrected chi connectivity index (χ0v) is 14.6.